The summed E-state index contributed by atoms with van der Waals surface area (Å²) in [5, 5.41) is 0. The van der Waals surface area contributed by atoms with Gasteiger partial charge in [0.15, 0.2) is 0 Å². The van der Waals surface area contributed by atoms with Crippen LogP contribution in [0.4, 0.5) is 4.79 Å². The Labute approximate surface area is 162 Å². The van der Waals surface area contributed by atoms with Crippen LogP contribution in [0, 0.1) is 11.3 Å². The molecular formula is C20H34N2O5. The fourth-order valence-electron chi connectivity index (χ4n) is 3.67. The Balaban J connectivity index is 2.05. The molecule has 0 unspecified atom stereocenters. The average Bonchev–Trinajstić information content (AvgIpc) is 2.71. The second-order valence-electron chi connectivity index (χ2n) is 10.1. The lowest BCUT2D eigenvalue weighted by Crippen LogP contribution is -2.63. The van der Waals surface area contributed by atoms with Crippen LogP contribution in [0.5, 0.6) is 0 Å². The summed E-state index contributed by atoms with van der Waals surface area (Å²) in [6.45, 7) is 15.9. The highest BCUT2D eigenvalue weighted by molar-refractivity contribution is 5.92. The molecule has 2 heterocycles. The van der Waals surface area contributed by atoms with Crippen molar-refractivity contribution in [2.75, 3.05) is 19.6 Å². The Morgan fingerprint density at radius 1 is 1.00 bits per heavy atom. The molecular weight excluding hydrogens is 348 g/mol. The summed E-state index contributed by atoms with van der Waals surface area (Å²) in [5.41, 5.74) is -1.76. The first-order valence-electron chi connectivity index (χ1n) is 9.67. The first-order valence-corrected chi connectivity index (χ1v) is 9.67. The minimum Gasteiger partial charge on any atom is -0.458 e. The van der Waals surface area contributed by atoms with Crippen molar-refractivity contribution in [1.29, 1.82) is 0 Å². The molecule has 1 atom stereocenters. The average molecular weight is 383 g/mol. The van der Waals surface area contributed by atoms with Gasteiger partial charge in [0, 0.05) is 19.6 Å². The van der Waals surface area contributed by atoms with Crippen molar-refractivity contribution in [3.8, 4) is 0 Å². The van der Waals surface area contributed by atoms with Crippen molar-refractivity contribution in [3.63, 3.8) is 0 Å². The zero-order valence-corrected chi connectivity index (χ0v) is 17.9. The minimum atomic E-state index is -0.605. The van der Waals surface area contributed by atoms with Gasteiger partial charge in [0.05, 0.1) is 5.41 Å². The summed E-state index contributed by atoms with van der Waals surface area (Å²) < 4.78 is 10.9. The van der Waals surface area contributed by atoms with Gasteiger partial charge >= 0.3 is 12.1 Å². The van der Waals surface area contributed by atoms with Gasteiger partial charge in [0.25, 0.3) is 0 Å². The minimum absolute atomic E-state index is 0.0546. The number of nitrogens with zero attached hydrogens (tertiary/aromatic N) is 2. The van der Waals surface area contributed by atoms with E-state index in [9.17, 15) is 14.4 Å². The van der Waals surface area contributed by atoms with Crippen LogP contribution >= 0.6 is 0 Å². The Morgan fingerprint density at radius 2 is 1.52 bits per heavy atom. The first kappa shape index (κ1) is 21.5. The molecule has 2 saturated heterocycles. The van der Waals surface area contributed by atoms with E-state index in [4.69, 9.17) is 9.47 Å². The molecule has 0 aromatic carbocycles. The summed E-state index contributed by atoms with van der Waals surface area (Å²) in [5.74, 6) is -0.487. The number of likely N-dealkylation sites (tertiary alicyclic amines) is 2. The van der Waals surface area contributed by atoms with E-state index in [1.54, 1.807) is 9.80 Å². The molecule has 27 heavy (non-hydrogen) atoms. The maximum absolute atomic E-state index is 13.1. The standard InChI is InChI=1S/C20H34N2O5/c1-13(2)14(15(23)26-18(3,4)5)22-10-9-20(16(22)24)11-21(12-20)17(25)27-19(6,7)8/h13-14H,9-12H2,1-8H3/t14-/m0/s1. The van der Waals surface area contributed by atoms with E-state index in [-0.39, 0.29) is 17.8 Å². The molecule has 0 saturated carbocycles. The van der Waals surface area contributed by atoms with E-state index in [2.05, 4.69) is 0 Å². The summed E-state index contributed by atoms with van der Waals surface area (Å²) in [4.78, 5) is 41.2. The zero-order chi connectivity index (χ0) is 20.8. The Bertz CT molecular complexity index is 609. The summed E-state index contributed by atoms with van der Waals surface area (Å²) in [6, 6.07) is -0.605. The van der Waals surface area contributed by atoms with Gasteiger partial charge in [-0.1, -0.05) is 13.8 Å². The van der Waals surface area contributed by atoms with Crippen LogP contribution in [0.15, 0.2) is 0 Å². The number of carbonyl (C=O) groups excluding carboxylic acids is 3. The largest absolute Gasteiger partial charge is 0.458 e. The van der Waals surface area contributed by atoms with Crippen molar-refractivity contribution in [1.82, 2.24) is 9.80 Å². The van der Waals surface area contributed by atoms with Crippen molar-refractivity contribution in [2.24, 2.45) is 11.3 Å². The molecule has 2 aliphatic rings. The van der Waals surface area contributed by atoms with Crippen LogP contribution in [0.2, 0.25) is 0 Å². The fraction of sp³-hybridized carbons (Fsp3) is 0.850. The molecule has 0 aromatic heterocycles. The van der Waals surface area contributed by atoms with E-state index in [0.29, 0.717) is 26.1 Å². The van der Waals surface area contributed by atoms with Crippen molar-refractivity contribution in [2.45, 2.75) is 79.1 Å². The number of ether oxygens (including phenoxy) is 2. The number of hydrogen-bond acceptors (Lipinski definition) is 5. The summed E-state index contributed by atoms with van der Waals surface area (Å²) in [7, 11) is 0. The third kappa shape index (κ3) is 4.74. The van der Waals surface area contributed by atoms with Crippen LogP contribution < -0.4 is 0 Å². The molecule has 1 spiro atoms. The van der Waals surface area contributed by atoms with Crippen LogP contribution in [-0.2, 0) is 19.1 Å². The van der Waals surface area contributed by atoms with Gasteiger partial charge < -0.3 is 19.3 Å². The zero-order valence-electron chi connectivity index (χ0n) is 17.9. The molecule has 2 aliphatic heterocycles. The second kappa shape index (κ2) is 6.99. The number of amides is 2. The van der Waals surface area contributed by atoms with Crippen LogP contribution in [0.3, 0.4) is 0 Å². The molecule has 2 amide bonds. The van der Waals surface area contributed by atoms with Crippen LogP contribution in [-0.4, -0.2) is 64.6 Å². The molecule has 2 rings (SSSR count). The van der Waals surface area contributed by atoms with E-state index >= 15 is 0 Å². The molecule has 0 aliphatic carbocycles. The fourth-order valence-corrected chi connectivity index (χ4v) is 3.67. The van der Waals surface area contributed by atoms with Crippen LogP contribution in [0.1, 0.15) is 61.8 Å². The summed E-state index contributed by atoms with van der Waals surface area (Å²) in [6.07, 6.45) is 0.240. The third-order valence-corrected chi connectivity index (χ3v) is 4.80. The number of hydrogen-bond donors (Lipinski definition) is 0. The van der Waals surface area contributed by atoms with Gasteiger partial charge in [0.1, 0.15) is 17.2 Å². The monoisotopic (exact) mass is 382 g/mol. The predicted octanol–water partition coefficient (Wildman–Crippen LogP) is 2.82. The van der Waals surface area contributed by atoms with E-state index in [1.165, 1.54) is 0 Å². The van der Waals surface area contributed by atoms with Crippen molar-refractivity contribution < 1.29 is 23.9 Å². The highest BCUT2D eigenvalue weighted by Gasteiger charge is 2.58. The van der Waals surface area contributed by atoms with E-state index < -0.39 is 28.8 Å². The molecule has 7 nitrogen and oxygen atoms in total. The smallest absolute Gasteiger partial charge is 0.410 e. The molecule has 0 radical (unpaired) electrons. The third-order valence-electron chi connectivity index (χ3n) is 4.80. The molecule has 0 bridgehead atoms. The van der Waals surface area contributed by atoms with Gasteiger partial charge in [-0.2, -0.15) is 0 Å². The van der Waals surface area contributed by atoms with Gasteiger partial charge in [-0.05, 0) is 53.9 Å². The van der Waals surface area contributed by atoms with Gasteiger partial charge in [0.2, 0.25) is 5.91 Å². The van der Waals surface area contributed by atoms with Gasteiger partial charge in [-0.25, -0.2) is 9.59 Å². The SMILES string of the molecule is CC(C)[C@@H](C(=O)OC(C)(C)C)N1CCC2(CN(C(=O)OC(C)(C)C)C2)C1=O. The summed E-state index contributed by atoms with van der Waals surface area (Å²) >= 11 is 0. The van der Waals surface area contributed by atoms with Crippen molar-refractivity contribution >= 4 is 18.0 Å². The Morgan fingerprint density at radius 3 is 1.96 bits per heavy atom. The van der Waals surface area contributed by atoms with E-state index in [1.807, 2.05) is 55.4 Å². The molecule has 7 heteroatoms. The number of carbonyl (C=O) groups is 3. The lowest BCUT2D eigenvalue weighted by molar-refractivity contribution is -0.168. The number of rotatable bonds is 3. The maximum atomic E-state index is 13.1. The lowest BCUT2D eigenvalue weighted by Gasteiger charge is -2.46. The highest BCUT2D eigenvalue weighted by Crippen LogP contribution is 2.42. The molecule has 0 N–H and O–H groups in total. The highest BCUT2D eigenvalue weighted by atomic mass is 16.6. The van der Waals surface area contributed by atoms with Gasteiger partial charge in [-0.3, -0.25) is 4.79 Å². The lowest BCUT2D eigenvalue weighted by atomic mass is 9.78. The van der Waals surface area contributed by atoms with Crippen LogP contribution in [0.25, 0.3) is 0 Å². The van der Waals surface area contributed by atoms with Crippen molar-refractivity contribution in [3.05, 3.63) is 0 Å². The topological polar surface area (TPSA) is 76.2 Å². The molecule has 2 fully saturated rings. The normalized spacial score (nSPS) is 20.7. The maximum Gasteiger partial charge on any atom is 0.410 e. The first-order chi connectivity index (χ1) is 12.2. The molecule has 0 aromatic rings. The number of esters is 1. The molecule has 154 valence electrons. The Kier molecular flexibility index (Phi) is 5.56. The van der Waals surface area contributed by atoms with Gasteiger partial charge in [-0.15, -0.1) is 0 Å². The quantitative estimate of drug-likeness (QED) is 0.702. The predicted molar refractivity (Wildman–Crippen MR) is 101 cm³/mol. The Hall–Kier alpha value is -1.79. The second-order valence-corrected chi connectivity index (χ2v) is 10.1. The van der Waals surface area contributed by atoms with E-state index in [0.717, 1.165) is 0 Å².